The summed E-state index contributed by atoms with van der Waals surface area (Å²) in [5.74, 6) is -0.260. The molecule has 0 saturated heterocycles. The van der Waals surface area contributed by atoms with E-state index in [-0.39, 0.29) is 5.69 Å². The van der Waals surface area contributed by atoms with Gasteiger partial charge < -0.3 is 14.8 Å². The molecule has 0 radical (unpaired) electrons. The maximum absolute atomic E-state index is 11.0. The third kappa shape index (κ3) is 1.91. The zero-order valence-electron chi connectivity index (χ0n) is 11.0. The fraction of sp³-hybridized carbons (Fsp3) is 0.143. The van der Waals surface area contributed by atoms with Gasteiger partial charge in [0.05, 0.1) is 18.5 Å². The molecule has 0 aliphatic heterocycles. The predicted octanol–water partition coefficient (Wildman–Crippen LogP) is 2.28. The smallest absolute Gasteiger partial charge is 0.356 e. The molecule has 0 spiro atoms. The summed E-state index contributed by atoms with van der Waals surface area (Å²) in [5.41, 5.74) is 2.52. The van der Waals surface area contributed by atoms with Gasteiger partial charge in [0, 0.05) is 24.0 Å². The Kier molecular flexibility index (Phi) is 2.71. The minimum absolute atomic E-state index is 0.0266. The van der Waals surface area contributed by atoms with E-state index in [1.165, 1.54) is 0 Å². The third-order valence-corrected chi connectivity index (χ3v) is 3.20. The summed E-state index contributed by atoms with van der Waals surface area (Å²) in [6.07, 6.45) is 0. The number of carboxylic acids is 1. The molecule has 20 heavy (non-hydrogen) atoms. The van der Waals surface area contributed by atoms with Crippen LogP contribution in [-0.4, -0.2) is 33.0 Å². The fourth-order valence-electron chi connectivity index (χ4n) is 2.20. The van der Waals surface area contributed by atoms with Crippen LogP contribution in [0.25, 0.3) is 22.3 Å². The van der Waals surface area contributed by atoms with Crippen molar-refractivity contribution in [1.29, 1.82) is 0 Å². The van der Waals surface area contributed by atoms with E-state index in [1.54, 1.807) is 24.9 Å². The molecule has 2 heterocycles. The first-order chi connectivity index (χ1) is 9.58. The SMILES string of the molecule is COc1ccc2[nH]c(-c3cc(C(=O)O)nn3C)cc2c1. The van der Waals surface area contributed by atoms with Gasteiger partial charge in [-0.05, 0) is 24.3 Å². The normalized spacial score (nSPS) is 10.9. The number of fused-ring (bicyclic) bond motifs is 1. The molecule has 0 fully saturated rings. The molecule has 0 unspecified atom stereocenters. The van der Waals surface area contributed by atoms with Crippen LogP contribution in [0.2, 0.25) is 0 Å². The number of methoxy groups -OCH3 is 1. The summed E-state index contributed by atoms with van der Waals surface area (Å²) in [7, 11) is 3.34. The van der Waals surface area contributed by atoms with Crippen molar-refractivity contribution in [3.63, 3.8) is 0 Å². The van der Waals surface area contributed by atoms with Crippen molar-refractivity contribution in [2.24, 2.45) is 7.05 Å². The Bertz CT molecular complexity index is 801. The number of carboxylic acid groups (broad SMARTS) is 1. The van der Waals surface area contributed by atoms with Crippen LogP contribution in [0.4, 0.5) is 0 Å². The molecule has 1 aromatic carbocycles. The molecule has 3 rings (SSSR count). The summed E-state index contributed by atoms with van der Waals surface area (Å²) >= 11 is 0. The van der Waals surface area contributed by atoms with Crippen molar-refractivity contribution in [3.8, 4) is 17.1 Å². The van der Waals surface area contributed by atoms with Gasteiger partial charge in [-0.25, -0.2) is 4.79 Å². The van der Waals surface area contributed by atoms with E-state index in [0.29, 0.717) is 0 Å². The number of benzene rings is 1. The van der Waals surface area contributed by atoms with Gasteiger partial charge in [0.2, 0.25) is 0 Å². The molecule has 0 saturated carbocycles. The molecule has 2 N–H and O–H groups in total. The van der Waals surface area contributed by atoms with Crippen LogP contribution < -0.4 is 4.74 Å². The van der Waals surface area contributed by atoms with E-state index in [4.69, 9.17) is 9.84 Å². The van der Waals surface area contributed by atoms with Crippen LogP contribution in [0.1, 0.15) is 10.5 Å². The molecule has 0 aliphatic carbocycles. The summed E-state index contributed by atoms with van der Waals surface area (Å²) in [4.78, 5) is 14.2. The second-order valence-corrected chi connectivity index (χ2v) is 4.48. The highest BCUT2D eigenvalue weighted by molar-refractivity contribution is 5.89. The highest BCUT2D eigenvalue weighted by Gasteiger charge is 2.14. The lowest BCUT2D eigenvalue weighted by molar-refractivity contribution is 0.0689. The number of aromatic amines is 1. The molecule has 0 bridgehead atoms. The second-order valence-electron chi connectivity index (χ2n) is 4.48. The Morgan fingerprint density at radius 3 is 2.80 bits per heavy atom. The Hall–Kier alpha value is -2.76. The van der Waals surface area contributed by atoms with E-state index >= 15 is 0 Å². The van der Waals surface area contributed by atoms with Crippen LogP contribution in [0.15, 0.2) is 30.3 Å². The van der Waals surface area contributed by atoms with Crippen molar-refractivity contribution < 1.29 is 14.6 Å². The zero-order valence-corrected chi connectivity index (χ0v) is 11.0. The third-order valence-electron chi connectivity index (χ3n) is 3.20. The lowest BCUT2D eigenvalue weighted by Gasteiger charge is -1.97. The quantitative estimate of drug-likeness (QED) is 0.765. The second kappa shape index (κ2) is 4.41. The Labute approximate surface area is 114 Å². The van der Waals surface area contributed by atoms with Crippen molar-refractivity contribution in [2.45, 2.75) is 0 Å². The van der Waals surface area contributed by atoms with Crippen LogP contribution in [0.3, 0.4) is 0 Å². The van der Waals surface area contributed by atoms with Gasteiger partial charge in [-0.2, -0.15) is 5.10 Å². The van der Waals surface area contributed by atoms with Crippen LogP contribution in [0.5, 0.6) is 5.75 Å². The minimum Gasteiger partial charge on any atom is -0.497 e. The first-order valence-electron chi connectivity index (χ1n) is 6.03. The number of nitrogens with zero attached hydrogens (tertiary/aromatic N) is 2. The van der Waals surface area contributed by atoms with E-state index in [9.17, 15) is 4.79 Å². The standard InChI is InChI=1S/C14H13N3O3/c1-17-13(7-12(16-17)14(18)19)11-6-8-5-9(20-2)3-4-10(8)15-11/h3-7,15H,1-2H3,(H,18,19). The number of nitrogens with one attached hydrogen (secondary N) is 1. The van der Waals surface area contributed by atoms with E-state index in [1.807, 2.05) is 24.3 Å². The largest absolute Gasteiger partial charge is 0.497 e. The lowest BCUT2D eigenvalue weighted by Crippen LogP contribution is -1.99. The molecule has 2 aromatic heterocycles. The molecule has 6 heteroatoms. The Morgan fingerprint density at radius 2 is 2.15 bits per heavy atom. The molecule has 0 atom stereocenters. The van der Waals surface area contributed by atoms with Crippen LogP contribution in [0, 0.1) is 0 Å². The number of aromatic carboxylic acids is 1. The lowest BCUT2D eigenvalue weighted by atomic mass is 10.2. The van der Waals surface area contributed by atoms with Gasteiger partial charge in [0.15, 0.2) is 5.69 Å². The summed E-state index contributed by atoms with van der Waals surface area (Å²) in [6, 6.07) is 9.20. The molecule has 3 aromatic rings. The van der Waals surface area contributed by atoms with E-state index in [0.717, 1.165) is 28.0 Å². The maximum atomic E-state index is 11.0. The number of aromatic nitrogens is 3. The van der Waals surface area contributed by atoms with Crippen molar-refractivity contribution in [1.82, 2.24) is 14.8 Å². The monoisotopic (exact) mass is 271 g/mol. The predicted molar refractivity (Wildman–Crippen MR) is 74.0 cm³/mol. The first kappa shape index (κ1) is 12.3. The van der Waals surface area contributed by atoms with Gasteiger partial charge in [0.25, 0.3) is 0 Å². The number of aryl methyl sites for hydroxylation is 1. The molecule has 6 nitrogen and oxygen atoms in total. The van der Waals surface area contributed by atoms with Crippen molar-refractivity contribution in [3.05, 3.63) is 36.0 Å². The van der Waals surface area contributed by atoms with Crippen LogP contribution >= 0.6 is 0 Å². The summed E-state index contributed by atoms with van der Waals surface area (Å²) < 4.78 is 6.73. The molecule has 0 aliphatic rings. The molecular weight excluding hydrogens is 258 g/mol. The van der Waals surface area contributed by atoms with Crippen molar-refractivity contribution >= 4 is 16.9 Å². The molecule has 0 amide bonds. The van der Waals surface area contributed by atoms with Gasteiger partial charge in [0.1, 0.15) is 5.75 Å². The number of hydrogen-bond acceptors (Lipinski definition) is 3. The van der Waals surface area contributed by atoms with Gasteiger partial charge in [-0.1, -0.05) is 0 Å². The van der Waals surface area contributed by atoms with Gasteiger partial charge in [-0.3, -0.25) is 4.68 Å². The molecule has 102 valence electrons. The van der Waals surface area contributed by atoms with E-state index in [2.05, 4.69) is 10.1 Å². The summed E-state index contributed by atoms with van der Waals surface area (Å²) in [6.45, 7) is 0. The van der Waals surface area contributed by atoms with Gasteiger partial charge in [-0.15, -0.1) is 0 Å². The van der Waals surface area contributed by atoms with E-state index < -0.39 is 5.97 Å². The number of rotatable bonds is 3. The highest BCUT2D eigenvalue weighted by Crippen LogP contribution is 2.27. The number of hydrogen-bond donors (Lipinski definition) is 2. The molecular formula is C14H13N3O3. The first-order valence-corrected chi connectivity index (χ1v) is 6.03. The Morgan fingerprint density at radius 1 is 1.35 bits per heavy atom. The number of ether oxygens (including phenoxy) is 1. The van der Waals surface area contributed by atoms with Crippen molar-refractivity contribution in [2.75, 3.05) is 7.11 Å². The van der Waals surface area contributed by atoms with Crippen LogP contribution in [-0.2, 0) is 7.05 Å². The minimum atomic E-state index is -1.04. The van der Waals surface area contributed by atoms with Gasteiger partial charge >= 0.3 is 5.97 Å². The summed E-state index contributed by atoms with van der Waals surface area (Å²) in [5, 5.41) is 13.9. The number of carbonyl (C=O) groups is 1. The zero-order chi connectivity index (χ0) is 14.3. The average molecular weight is 271 g/mol. The topological polar surface area (TPSA) is 80.1 Å². The average Bonchev–Trinajstić information content (AvgIpc) is 3.00. The number of H-pyrrole nitrogens is 1. The highest BCUT2D eigenvalue weighted by atomic mass is 16.5. The maximum Gasteiger partial charge on any atom is 0.356 e. The Balaban J connectivity index is 2.12. The fourth-order valence-corrected chi connectivity index (χ4v) is 2.20.